The molecule has 0 aliphatic carbocycles. The molecule has 148 valence electrons. The van der Waals surface area contributed by atoms with Gasteiger partial charge in [0.25, 0.3) is 0 Å². The van der Waals surface area contributed by atoms with E-state index in [1.807, 2.05) is 0 Å². The maximum atomic E-state index is 5.10. The van der Waals surface area contributed by atoms with Crippen LogP contribution in [-0.4, -0.2) is 47.3 Å². The van der Waals surface area contributed by atoms with E-state index in [4.69, 9.17) is 10.1 Å². The van der Waals surface area contributed by atoms with Crippen LogP contribution in [0.3, 0.4) is 0 Å². The van der Waals surface area contributed by atoms with Crippen molar-refractivity contribution in [1.82, 2.24) is 14.6 Å². The molecular formula is C23H32N5+. The summed E-state index contributed by atoms with van der Waals surface area (Å²) >= 11 is 0. The molecule has 2 aromatic heterocycles. The average molecular weight is 379 g/mol. The van der Waals surface area contributed by atoms with Crippen LogP contribution in [0.5, 0.6) is 0 Å². The maximum Gasteiger partial charge on any atom is 0.165 e. The van der Waals surface area contributed by atoms with Crippen LogP contribution in [0.2, 0.25) is 0 Å². The van der Waals surface area contributed by atoms with Crippen molar-refractivity contribution in [3.63, 3.8) is 0 Å². The molecule has 4 rings (SSSR count). The molecule has 1 aromatic carbocycles. The summed E-state index contributed by atoms with van der Waals surface area (Å²) < 4.78 is 2.07. The molecule has 1 fully saturated rings. The third kappa shape index (κ3) is 3.39. The van der Waals surface area contributed by atoms with Crippen molar-refractivity contribution in [3.05, 3.63) is 47.8 Å². The van der Waals surface area contributed by atoms with Crippen LogP contribution < -0.4 is 9.80 Å². The third-order valence-corrected chi connectivity index (χ3v) is 5.87. The second kappa shape index (κ2) is 7.21. The molecule has 3 heterocycles. The Kier molecular flexibility index (Phi) is 4.88. The van der Waals surface area contributed by atoms with Gasteiger partial charge < -0.3 is 9.80 Å². The second-order valence-electron chi connectivity index (χ2n) is 8.90. The Bertz CT molecular complexity index is 960. The number of fused-ring (bicyclic) bond motifs is 1. The Morgan fingerprint density at radius 1 is 1.07 bits per heavy atom. The molecule has 0 bridgehead atoms. The molecule has 0 atom stereocenters. The summed E-state index contributed by atoms with van der Waals surface area (Å²) in [7, 11) is 0. The van der Waals surface area contributed by atoms with Gasteiger partial charge in [-0.2, -0.15) is 9.61 Å². The average Bonchev–Trinajstić information content (AvgIpc) is 3.03. The Balaban J connectivity index is 1.90. The molecule has 0 saturated carbocycles. The van der Waals surface area contributed by atoms with Gasteiger partial charge >= 0.3 is 0 Å². The summed E-state index contributed by atoms with van der Waals surface area (Å²) in [5.74, 6) is 1.18. The first kappa shape index (κ1) is 18.9. The molecule has 28 heavy (non-hydrogen) atoms. The van der Waals surface area contributed by atoms with Gasteiger partial charge in [-0.25, -0.2) is 4.98 Å². The number of benzene rings is 1. The summed E-state index contributed by atoms with van der Waals surface area (Å²) in [6.07, 6.45) is 0. The molecule has 0 radical (unpaired) electrons. The summed E-state index contributed by atoms with van der Waals surface area (Å²) in [6.45, 7) is 16.8. The number of nitrogens with zero attached hydrogens (tertiary/aromatic N) is 4. The number of rotatable bonds is 3. The second-order valence-corrected chi connectivity index (χ2v) is 8.90. The predicted octanol–water partition coefficient (Wildman–Crippen LogP) is 2.73. The summed E-state index contributed by atoms with van der Waals surface area (Å²) in [4.78, 5) is 9.27. The first-order valence-corrected chi connectivity index (χ1v) is 10.4. The van der Waals surface area contributed by atoms with Crippen molar-refractivity contribution in [2.75, 3.05) is 37.6 Å². The number of likely N-dealkylation sites (N-methyl/N-ethyl adjacent to an activating group) is 1. The van der Waals surface area contributed by atoms with Gasteiger partial charge in [0.1, 0.15) is 5.82 Å². The van der Waals surface area contributed by atoms with Crippen molar-refractivity contribution in [2.45, 2.75) is 40.0 Å². The minimum Gasteiger partial charge on any atom is -0.345 e. The van der Waals surface area contributed by atoms with Gasteiger partial charge in [0, 0.05) is 17.0 Å². The molecule has 1 aliphatic rings. The van der Waals surface area contributed by atoms with Gasteiger partial charge in [0.15, 0.2) is 5.65 Å². The first-order chi connectivity index (χ1) is 13.4. The number of anilines is 1. The quantitative estimate of drug-likeness (QED) is 0.762. The van der Waals surface area contributed by atoms with Crippen LogP contribution in [0, 0.1) is 6.92 Å². The molecule has 1 aliphatic heterocycles. The van der Waals surface area contributed by atoms with Gasteiger partial charge in [-0.1, -0.05) is 51.1 Å². The highest BCUT2D eigenvalue weighted by Crippen LogP contribution is 2.32. The van der Waals surface area contributed by atoms with Crippen molar-refractivity contribution in [3.8, 4) is 11.1 Å². The van der Waals surface area contributed by atoms with Crippen molar-refractivity contribution < 1.29 is 4.90 Å². The van der Waals surface area contributed by atoms with E-state index in [1.54, 1.807) is 4.90 Å². The van der Waals surface area contributed by atoms with E-state index in [1.165, 1.54) is 31.0 Å². The lowest BCUT2D eigenvalue weighted by Crippen LogP contribution is -3.14. The SMILES string of the molecule is CC[NH+]1CCN(c2cc(C(C)(C)C)nc3c(-c4ccccc4)c(C)nn23)CC1. The largest absolute Gasteiger partial charge is 0.345 e. The fourth-order valence-electron chi connectivity index (χ4n) is 4.07. The van der Waals surface area contributed by atoms with Crippen LogP contribution in [0.15, 0.2) is 36.4 Å². The molecular weight excluding hydrogens is 346 g/mol. The van der Waals surface area contributed by atoms with Gasteiger partial charge in [-0.15, -0.1) is 0 Å². The number of nitrogens with one attached hydrogen (secondary N) is 1. The zero-order valence-corrected chi connectivity index (χ0v) is 17.8. The van der Waals surface area contributed by atoms with Crippen molar-refractivity contribution in [1.29, 1.82) is 0 Å². The van der Waals surface area contributed by atoms with E-state index in [-0.39, 0.29) is 5.41 Å². The smallest absolute Gasteiger partial charge is 0.165 e. The molecule has 1 N–H and O–H groups in total. The lowest BCUT2D eigenvalue weighted by atomic mass is 9.91. The number of quaternary nitrogens is 1. The number of piperazine rings is 1. The fraction of sp³-hybridized carbons (Fsp3) is 0.478. The van der Waals surface area contributed by atoms with E-state index >= 15 is 0 Å². The van der Waals surface area contributed by atoms with Crippen LogP contribution in [0.1, 0.15) is 39.1 Å². The monoisotopic (exact) mass is 378 g/mol. The van der Waals surface area contributed by atoms with Crippen LogP contribution in [-0.2, 0) is 5.41 Å². The van der Waals surface area contributed by atoms with E-state index in [0.717, 1.165) is 35.7 Å². The fourth-order valence-corrected chi connectivity index (χ4v) is 4.07. The number of aryl methyl sites for hydroxylation is 1. The van der Waals surface area contributed by atoms with E-state index in [0.29, 0.717) is 0 Å². The predicted molar refractivity (Wildman–Crippen MR) is 115 cm³/mol. The lowest BCUT2D eigenvalue weighted by molar-refractivity contribution is -0.898. The molecule has 5 heteroatoms. The summed E-state index contributed by atoms with van der Waals surface area (Å²) in [5.41, 5.74) is 5.43. The molecule has 1 saturated heterocycles. The van der Waals surface area contributed by atoms with Gasteiger partial charge in [-0.3, -0.25) is 0 Å². The van der Waals surface area contributed by atoms with E-state index < -0.39 is 0 Å². The minimum absolute atomic E-state index is 0.0148. The summed E-state index contributed by atoms with van der Waals surface area (Å²) in [6, 6.07) is 12.8. The van der Waals surface area contributed by atoms with Crippen LogP contribution in [0.4, 0.5) is 5.82 Å². The Labute approximate surface area is 168 Å². The zero-order chi connectivity index (χ0) is 19.9. The minimum atomic E-state index is -0.0148. The van der Waals surface area contributed by atoms with E-state index in [9.17, 15) is 0 Å². The highest BCUT2D eigenvalue weighted by Gasteiger charge is 2.26. The lowest BCUT2D eigenvalue weighted by Gasteiger charge is -2.33. The first-order valence-electron chi connectivity index (χ1n) is 10.4. The Morgan fingerprint density at radius 2 is 1.75 bits per heavy atom. The zero-order valence-electron chi connectivity index (χ0n) is 17.8. The van der Waals surface area contributed by atoms with Gasteiger partial charge in [0.05, 0.1) is 44.1 Å². The topological polar surface area (TPSA) is 37.9 Å². The van der Waals surface area contributed by atoms with Gasteiger partial charge in [0.2, 0.25) is 0 Å². The highest BCUT2D eigenvalue weighted by molar-refractivity contribution is 5.81. The number of hydrogen-bond donors (Lipinski definition) is 1. The van der Waals surface area contributed by atoms with Crippen LogP contribution in [0.25, 0.3) is 16.8 Å². The number of aromatic nitrogens is 3. The normalized spacial score (nSPS) is 16.1. The Hall–Kier alpha value is -2.40. The third-order valence-electron chi connectivity index (χ3n) is 5.87. The molecule has 0 spiro atoms. The van der Waals surface area contributed by atoms with Crippen molar-refractivity contribution in [2.24, 2.45) is 0 Å². The molecule has 3 aromatic rings. The van der Waals surface area contributed by atoms with E-state index in [2.05, 4.69) is 80.4 Å². The summed E-state index contributed by atoms with van der Waals surface area (Å²) in [5, 5.41) is 4.93. The Morgan fingerprint density at radius 3 is 2.36 bits per heavy atom. The van der Waals surface area contributed by atoms with Crippen LogP contribution >= 0.6 is 0 Å². The molecule has 5 nitrogen and oxygen atoms in total. The number of hydrogen-bond acceptors (Lipinski definition) is 3. The maximum absolute atomic E-state index is 5.10. The van der Waals surface area contributed by atoms with Crippen molar-refractivity contribution >= 4 is 11.5 Å². The molecule has 0 unspecified atom stereocenters. The standard InChI is InChI=1S/C23H31N5/c1-6-26-12-14-27(15-13-26)20-16-19(23(3,4)5)24-22-21(17(2)25-28(20)22)18-10-8-7-9-11-18/h7-11,16H,6,12-15H2,1-5H3/p+1. The van der Waals surface area contributed by atoms with Gasteiger partial charge in [-0.05, 0) is 19.4 Å². The molecule has 0 amide bonds. The highest BCUT2D eigenvalue weighted by atomic mass is 15.4.